The van der Waals surface area contributed by atoms with Crippen LogP contribution in [0.2, 0.25) is 0 Å². The molecule has 3 aromatic carbocycles. The van der Waals surface area contributed by atoms with Crippen LogP contribution in [-0.2, 0) is 26.1 Å². The summed E-state index contributed by atoms with van der Waals surface area (Å²) in [5, 5.41) is 13.7. The Balaban J connectivity index is 1.47. The minimum absolute atomic E-state index is 0.120. The minimum Gasteiger partial charge on any atom is -0.322 e. The molecule has 0 unspecified atom stereocenters. The number of aryl methyl sites for hydroxylation is 3. The predicted molar refractivity (Wildman–Crippen MR) is 146 cm³/mol. The van der Waals surface area contributed by atoms with Gasteiger partial charge in [0.05, 0.1) is 6.04 Å². The Morgan fingerprint density at radius 1 is 0.974 bits per heavy atom. The van der Waals surface area contributed by atoms with E-state index in [0.717, 1.165) is 40.7 Å². The predicted octanol–water partition coefficient (Wildman–Crippen LogP) is 5.36. The maximum absolute atomic E-state index is 13.6. The quantitative estimate of drug-likeness (QED) is 0.274. The van der Waals surface area contributed by atoms with E-state index < -0.39 is 0 Å². The monoisotopic (exact) mass is 510 g/mol. The standard InChI is InChI=1S/C30H31FN6O/c1-3-28(29-33-34-35-37(29)16-15-22-7-5-4-6-8-22)36(19-23-10-13-26(31)14-11-23)20-25-18-24-12-9-21(2)17-27(24)32-30(25)38/h4-14,17-18,28H,3,15-16,19-20H2,1-2H3,(H,32,38)/t28-/m0/s1. The summed E-state index contributed by atoms with van der Waals surface area (Å²) in [5.74, 6) is 0.469. The van der Waals surface area contributed by atoms with Crippen LogP contribution in [0.3, 0.4) is 0 Å². The van der Waals surface area contributed by atoms with E-state index in [4.69, 9.17) is 0 Å². The number of nitrogens with zero attached hydrogens (tertiary/aromatic N) is 5. The number of rotatable bonds is 10. The van der Waals surface area contributed by atoms with Crippen molar-refractivity contribution >= 4 is 10.9 Å². The van der Waals surface area contributed by atoms with Crippen LogP contribution in [0, 0.1) is 12.7 Å². The second-order valence-electron chi connectivity index (χ2n) is 9.67. The molecule has 1 N–H and O–H groups in total. The van der Waals surface area contributed by atoms with Gasteiger partial charge in [-0.05, 0) is 76.5 Å². The molecule has 194 valence electrons. The molecule has 0 fully saturated rings. The maximum atomic E-state index is 13.6. The third-order valence-corrected chi connectivity index (χ3v) is 6.89. The van der Waals surface area contributed by atoms with Gasteiger partial charge in [-0.3, -0.25) is 9.69 Å². The first-order chi connectivity index (χ1) is 18.5. The van der Waals surface area contributed by atoms with Gasteiger partial charge in [-0.2, -0.15) is 0 Å². The molecule has 5 rings (SSSR count). The highest BCUT2D eigenvalue weighted by Crippen LogP contribution is 2.27. The summed E-state index contributed by atoms with van der Waals surface area (Å²) in [5.41, 5.74) is 4.60. The van der Waals surface area contributed by atoms with E-state index in [2.05, 4.69) is 44.5 Å². The molecular weight excluding hydrogens is 479 g/mol. The minimum atomic E-state index is -0.279. The number of fused-ring (bicyclic) bond motifs is 1. The largest absolute Gasteiger partial charge is 0.322 e. The third-order valence-electron chi connectivity index (χ3n) is 6.89. The van der Waals surface area contributed by atoms with Gasteiger partial charge in [0.15, 0.2) is 5.82 Å². The lowest BCUT2D eigenvalue weighted by molar-refractivity contribution is 0.160. The highest BCUT2D eigenvalue weighted by molar-refractivity contribution is 5.79. The van der Waals surface area contributed by atoms with Crippen LogP contribution in [0.5, 0.6) is 0 Å². The second kappa shape index (κ2) is 11.5. The van der Waals surface area contributed by atoms with Crippen LogP contribution in [0.25, 0.3) is 10.9 Å². The van der Waals surface area contributed by atoms with Crippen LogP contribution in [0.4, 0.5) is 4.39 Å². The molecule has 1 atom stereocenters. The molecule has 7 nitrogen and oxygen atoms in total. The first-order valence-electron chi connectivity index (χ1n) is 12.9. The summed E-state index contributed by atoms with van der Waals surface area (Å²) < 4.78 is 15.5. The van der Waals surface area contributed by atoms with Crippen LogP contribution in [0.1, 0.15) is 47.5 Å². The van der Waals surface area contributed by atoms with Crippen LogP contribution in [-0.4, -0.2) is 30.1 Å². The number of hydrogen-bond donors (Lipinski definition) is 1. The molecule has 0 amide bonds. The molecule has 5 aromatic rings. The molecule has 8 heteroatoms. The van der Waals surface area contributed by atoms with E-state index >= 15 is 0 Å². The highest BCUT2D eigenvalue weighted by Gasteiger charge is 2.26. The normalized spacial score (nSPS) is 12.3. The van der Waals surface area contributed by atoms with Gasteiger partial charge in [0.1, 0.15) is 5.82 Å². The molecule has 0 spiro atoms. The van der Waals surface area contributed by atoms with Gasteiger partial charge in [-0.15, -0.1) is 5.10 Å². The van der Waals surface area contributed by atoms with Gasteiger partial charge in [0, 0.05) is 30.7 Å². The van der Waals surface area contributed by atoms with E-state index in [1.165, 1.54) is 17.7 Å². The lowest BCUT2D eigenvalue weighted by atomic mass is 10.1. The zero-order valence-corrected chi connectivity index (χ0v) is 21.6. The number of tetrazole rings is 1. The number of aromatic amines is 1. The molecule has 0 aliphatic rings. The lowest BCUT2D eigenvalue weighted by Crippen LogP contribution is -2.32. The molecule has 2 heterocycles. The molecule has 0 aliphatic heterocycles. The zero-order valence-electron chi connectivity index (χ0n) is 21.6. The van der Waals surface area contributed by atoms with Crippen molar-refractivity contribution in [3.8, 4) is 0 Å². The van der Waals surface area contributed by atoms with Crippen molar-refractivity contribution in [2.45, 2.75) is 52.4 Å². The summed E-state index contributed by atoms with van der Waals surface area (Å²) in [7, 11) is 0. The molecule has 0 saturated carbocycles. The van der Waals surface area contributed by atoms with E-state index in [1.807, 2.05) is 54.1 Å². The molecule has 0 aliphatic carbocycles. The van der Waals surface area contributed by atoms with Gasteiger partial charge >= 0.3 is 0 Å². The number of nitrogens with one attached hydrogen (secondary N) is 1. The van der Waals surface area contributed by atoms with E-state index in [0.29, 0.717) is 25.2 Å². The van der Waals surface area contributed by atoms with Crippen molar-refractivity contribution < 1.29 is 4.39 Å². The number of benzene rings is 3. The fraction of sp³-hybridized carbons (Fsp3) is 0.267. The van der Waals surface area contributed by atoms with Crippen molar-refractivity contribution in [1.82, 2.24) is 30.1 Å². The fourth-order valence-corrected chi connectivity index (χ4v) is 4.89. The van der Waals surface area contributed by atoms with Crippen molar-refractivity contribution in [2.75, 3.05) is 0 Å². The second-order valence-corrected chi connectivity index (χ2v) is 9.67. The highest BCUT2D eigenvalue weighted by atomic mass is 19.1. The molecule has 2 aromatic heterocycles. The van der Waals surface area contributed by atoms with Crippen LogP contribution < -0.4 is 5.56 Å². The SMILES string of the molecule is CC[C@@H](c1nnnn1CCc1ccccc1)N(Cc1ccc(F)cc1)Cc1cc2ccc(C)cc2[nH]c1=O. The summed E-state index contributed by atoms with van der Waals surface area (Å²) >= 11 is 0. The van der Waals surface area contributed by atoms with E-state index in [-0.39, 0.29) is 17.4 Å². The Hall–Kier alpha value is -4.17. The number of aromatic nitrogens is 5. The topological polar surface area (TPSA) is 79.7 Å². The summed E-state index contributed by atoms with van der Waals surface area (Å²) in [6.07, 6.45) is 1.54. The van der Waals surface area contributed by atoms with Gasteiger partial charge in [0.25, 0.3) is 5.56 Å². The smallest absolute Gasteiger partial charge is 0.252 e. The molecule has 0 radical (unpaired) electrons. The Morgan fingerprint density at radius 3 is 2.53 bits per heavy atom. The zero-order chi connectivity index (χ0) is 26.5. The van der Waals surface area contributed by atoms with Crippen molar-refractivity contribution in [1.29, 1.82) is 0 Å². The lowest BCUT2D eigenvalue weighted by Gasteiger charge is -2.30. The molecule has 0 saturated heterocycles. The van der Waals surface area contributed by atoms with Crippen LogP contribution in [0.15, 0.2) is 83.7 Å². The average molecular weight is 511 g/mol. The van der Waals surface area contributed by atoms with Crippen molar-refractivity contribution in [3.63, 3.8) is 0 Å². The summed E-state index contributed by atoms with van der Waals surface area (Å²) in [4.78, 5) is 18.4. The summed E-state index contributed by atoms with van der Waals surface area (Å²) in [6, 6.07) is 24.6. The van der Waals surface area contributed by atoms with Crippen molar-refractivity contribution in [2.24, 2.45) is 0 Å². The number of halogens is 1. The van der Waals surface area contributed by atoms with E-state index in [9.17, 15) is 9.18 Å². The van der Waals surface area contributed by atoms with Gasteiger partial charge in [-0.25, -0.2) is 9.07 Å². The van der Waals surface area contributed by atoms with E-state index in [1.54, 1.807) is 12.1 Å². The first kappa shape index (κ1) is 25.5. The van der Waals surface area contributed by atoms with Crippen molar-refractivity contribution in [3.05, 3.63) is 123 Å². The molecular formula is C30H31FN6O. The Kier molecular flexibility index (Phi) is 7.70. The van der Waals surface area contributed by atoms with Crippen LogP contribution >= 0.6 is 0 Å². The number of H-pyrrole nitrogens is 1. The number of hydrogen-bond acceptors (Lipinski definition) is 5. The number of pyridine rings is 1. The molecule has 0 bridgehead atoms. The summed E-state index contributed by atoms with van der Waals surface area (Å²) in [6.45, 7) is 5.63. The Bertz CT molecular complexity index is 1560. The maximum Gasteiger partial charge on any atom is 0.252 e. The van der Waals surface area contributed by atoms with Gasteiger partial charge in [0.2, 0.25) is 0 Å². The first-order valence-corrected chi connectivity index (χ1v) is 12.9. The Labute approximate surface area is 220 Å². The third kappa shape index (κ3) is 5.86. The Morgan fingerprint density at radius 2 is 1.76 bits per heavy atom. The molecule has 38 heavy (non-hydrogen) atoms. The van der Waals surface area contributed by atoms with Gasteiger partial charge < -0.3 is 4.98 Å². The fourth-order valence-electron chi connectivity index (χ4n) is 4.89. The van der Waals surface area contributed by atoms with Gasteiger partial charge in [-0.1, -0.05) is 61.5 Å². The average Bonchev–Trinajstić information content (AvgIpc) is 3.38.